The Bertz CT molecular complexity index is 1260. The van der Waals surface area contributed by atoms with Crippen LogP contribution in [0.4, 0.5) is 5.82 Å². The van der Waals surface area contributed by atoms with E-state index in [1.54, 1.807) is 25.1 Å². The number of benzene rings is 2. The quantitative estimate of drug-likeness (QED) is 0.208. The zero-order chi connectivity index (χ0) is 23.2. The Hall–Kier alpha value is -3.17. The van der Waals surface area contributed by atoms with Crippen LogP contribution in [-0.4, -0.2) is 57.7 Å². The predicted octanol–water partition coefficient (Wildman–Crippen LogP) is 3.97. The van der Waals surface area contributed by atoms with Crippen molar-refractivity contribution >= 4 is 45.3 Å². The number of amides is 1. The van der Waals surface area contributed by atoms with Gasteiger partial charge in [-0.05, 0) is 22.9 Å². The van der Waals surface area contributed by atoms with Gasteiger partial charge in [0, 0.05) is 31.0 Å². The molecule has 4 rings (SSSR count). The zero-order valence-electron chi connectivity index (χ0n) is 19.0. The molecule has 0 fully saturated rings. The Labute approximate surface area is 197 Å². The average molecular weight is 465 g/mol. The molecule has 0 bridgehead atoms. The highest BCUT2D eigenvalue weighted by Crippen LogP contribution is 2.26. The number of carbonyl (C=O) groups is 1. The van der Waals surface area contributed by atoms with E-state index < -0.39 is 0 Å². The van der Waals surface area contributed by atoms with E-state index in [2.05, 4.69) is 34.6 Å². The topological polar surface area (TPSA) is 94.0 Å². The number of nitrogens with zero attached hydrogens (tertiary/aromatic N) is 4. The molecule has 2 aromatic heterocycles. The molecule has 9 heteroatoms. The number of aromatic nitrogens is 4. The van der Waals surface area contributed by atoms with Crippen molar-refractivity contribution in [1.29, 1.82) is 0 Å². The molecule has 0 unspecified atom stereocenters. The molecule has 2 aromatic carbocycles. The predicted molar refractivity (Wildman–Crippen MR) is 133 cm³/mol. The van der Waals surface area contributed by atoms with Crippen molar-refractivity contribution in [2.45, 2.75) is 30.8 Å². The van der Waals surface area contributed by atoms with Crippen LogP contribution in [0.1, 0.15) is 24.2 Å². The summed E-state index contributed by atoms with van der Waals surface area (Å²) >= 11 is 1.60. The monoisotopic (exact) mass is 464 g/mol. The van der Waals surface area contributed by atoms with Gasteiger partial charge in [-0.15, -0.1) is 0 Å². The third kappa shape index (κ3) is 5.61. The number of nitrogens with one attached hydrogen (secondary N) is 2. The maximum Gasteiger partial charge on any atom is 0.251 e. The number of hydrogen-bond acceptors (Lipinski definition) is 7. The van der Waals surface area contributed by atoms with Gasteiger partial charge in [0.15, 0.2) is 10.8 Å². The van der Waals surface area contributed by atoms with Gasteiger partial charge in [0.05, 0.1) is 24.7 Å². The fourth-order valence-corrected chi connectivity index (χ4v) is 4.18. The van der Waals surface area contributed by atoms with Gasteiger partial charge in [-0.1, -0.05) is 55.9 Å². The molecule has 0 radical (unpaired) electrons. The van der Waals surface area contributed by atoms with Gasteiger partial charge in [-0.25, -0.2) is 14.6 Å². The normalized spacial score (nSPS) is 11.4. The molecule has 0 aliphatic carbocycles. The van der Waals surface area contributed by atoms with Crippen LogP contribution in [0.15, 0.2) is 53.8 Å². The molecule has 33 heavy (non-hydrogen) atoms. The Morgan fingerprint density at radius 1 is 1.12 bits per heavy atom. The van der Waals surface area contributed by atoms with Crippen LogP contribution in [0.3, 0.4) is 0 Å². The molecule has 2 heterocycles. The minimum atomic E-state index is -0.107. The maximum absolute atomic E-state index is 12.7. The van der Waals surface area contributed by atoms with Crippen LogP contribution in [0.2, 0.25) is 0 Å². The van der Waals surface area contributed by atoms with E-state index in [1.165, 1.54) is 0 Å². The van der Waals surface area contributed by atoms with Crippen molar-refractivity contribution in [3.63, 3.8) is 0 Å². The molecule has 8 nitrogen and oxygen atoms in total. The second-order valence-corrected chi connectivity index (χ2v) is 9.41. The van der Waals surface area contributed by atoms with Crippen molar-refractivity contribution in [3.8, 4) is 0 Å². The number of ether oxygens (including phenoxy) is 1. The Morgan fingerprint density at radius 3 is 2.73 bits per heavy atom. The van der Waals surface area contributed by atoms with E-state index in [0.717, 1.165) is 27.6 Å². The first-order valence-corrected chi connectivity index (χ1v) is 11.8. The van der Waals surface area contributed by atoms with Crippen LogP contribution < -0.4 is 10.6 Å². The highest BCUT2D eigenvalue weighted by atomic mass is 32.2. The second-order valence-electron chi connectivity index (χ2n) is 7.86. The van der Waals surface area contributed by atoms with Gasteiger partial charge in [0.2, 0.25) is 0 Å². The summed E-state index contributed by atoms with van der Waals surface area (Å²) in [4.78, 5) is 22.0. The first-order valence-electron chi connectivity index (χ1n) is 10.9. The molecule has 2 N–H and O–H groups in total. The number of thioether (sulfide) groups is 1. The summed E-state index contributed by atoms with van der Waals surface area (Å²) in [6, 6.07) is 13.7. The molecular formula is C24H28N6O2S. The van der Waals surface area contributed by atoms with E-state index in [-0.39, 0.29) is 5.91 Å². The van der Waals surface area contributed by atoms with Crippen LogP contribution in [0, 0.1) is 0 Å². The third-order valence-corrected chi connectivity index (χ3v) is 5.90. The molecule has 0 spiro atoms. The standard InChI is InChI=1S/C24H28N6O2S/c1-16(2)33-24-28-21(25-11-13-32-3)20-15-27-30(22(20)29-24)12-10-26-23(31)19-9-8-17-6-4-5-7-18(17)14-19/h4-9,14-16H,10-13H2,1-3H3,(H,26,31)(H,25,28,29). The van der Waals surface area contributed by atoms with E-state index >= 15 is 0 Å². The average Bonchev–Trinajstić information content (AvgIpc) is 3.21. The Balaban J connectivity index is 1.48. The van der Waals surface area contributed by atoms with Gasteiger partial charge in [0.1, 0.15) is 5.82 Å². The lowest BCUT2D eigenvalue weighted by Gasteiger charge is -2.11. The number of hydrogen-bond donors (Lipinski definition) is 2. The fraction of sp³-hybridized carbons (Fsp3) is 0.333. The van der Waals surface area contributed by atoms with Crippen molar-refractivity contribution in [2.24, 2.45) is 0 Å². The first-order chi connectivity index (χ1) is 16.0. The van der Waals surface area contributed by atoms with Crippen LogP contribution >= 0.6 is 11.8 Å². The molecule has 172 valence electrons. The number of rotatable bonds is 10. The summed E-state index contributed by atoms with van der Waals surface area (Å²) in [7, 11) is 1.67. The highest BCUT2D eigenvalue weighted by Gasteiger charge is 2.14. The van der Waals surface area contributed by atoms with Crippen LogP contribution in [0.25, 0.3) is 21.8 Å². The minimum Gasteiger partial charge on any atom is -0.383 e. The number of anilines is 1. The van der Waals surface area contributed by atoms with Crippen LogP contribution in [0.5, 0.6) is 0 Å². The first kappa shape index (κ1) is 23.0. The summed E-state index contributed by atoms with van der Waals surface area (Å²) in [6.45, 7) is 6.37. The lowest BCUT2D eigenvalue weighted by Crippen LogP contribution is -2.27. The summed E-state index contributed by atoms with van der Waals surface area (Å²) in [5.41, 5.74) is 1.38. The minimum absolute atomic E-state index is 0.107. The van der Waals surface area contributed by atoms with Gasteiger partial charge in [-0.2, -0.15) is 5.10 Å². The fourth-order valence-electron chi connectivity index (χ4n) is 3.48. The van der Waals surface area contributed by atoms with E-state index in [9.17, 15) is 4.79 Å². The maximum atomic E-state index is 12.7. The van der Waals surface area contributed by atoms with E-state index in [0.29, 0.717) is 42.2 Å². The molecular weight excluding hydrogens is 436 g/mol. The van der Waals surface area contributed by atoms with Crippen molar-refractivity contribution in [3.05, 3.63) is 54.2 Å². The second kappa shape index (κ2) is 10.6. The largest absolute Gasteiger partial charge is 0.383 e. The Morgan fingerprint density at radius 2 is 1.94 bits per heavy atom. The molecule has 0 aliphatic rings. The summed E-state index contributed by atoms with van der Waals surface area (Å²) in [5, 5.41) is 14.9. The number of carbonyl (C=O) groups excluding carboxylic acids is 1. The zero-order valence-corrected chi connectivity index (χ0v) is 19.9. The van der Waals surface area contributed by atoms with Crippen LogP contribution in [-0.2, 0) is 11.3 Å². The molecule has 0 saturated heterocycles. The molecule has 0 atom stereocenters. The van der Waals surface area contributed by atoms with E-state index in [1.807, 2.05) is 47.1 Å². The molecule has 1 amide bonds. The molecule has 0 aliphatic heterocycles. The molecule has 0 saturated carbocycles. The lowest BCUT2D eigenvalue weighted by molar-refractivity contribution is 0.0952. The number of fused-ring (bicyclic) bond motifs is 2. The summed E-state index contributed by atoms with van der Waals surface area (Å²) in [5.74, 6) is 0.636. The van der Waals surface area contributed by atoms with Gasteiger partial charge < -0.3 is 15.4 Å². The van der Waals surface area contributed by atoms with Crippen molar-refractivity contribution in [1.82, 2.24) is 25.1 Å². The van der Waals surface area contributed by atoms with Crippen molar-refractivity contribution < 1.29 is 9.53 Å². The van der Waals surface area contributed by atoms with Crippen molar-refractivity contribution in [2.75, 3.05) is 32.1 Å². The highest BCUT2D eigenvalue weighted by molar-refractivity contribution is 7.99. The van der Waals surface area contributed by atoms with Gasteiger partial charge >= 0.3 is 0 Å². The van der Waals surface area contributed by atoms with Gasteiger partial charge in [0.25, 0.3) is 5.91 Å². The summed E-state index contributed by atoms with van der Waals surface area (Å²) < 4.78 is 6.95. The SMILES string of the molecule is COCCNc1nc(SC(C)C)nc2c1cnn2CCNC(=O)c1ccc2ccccc2c1. The van der Waals surface area contributed by atoms with E-state index in [4.69, 9.17) is 9.72 Å². The van der Waals surface area contributed by atoms with Gasteiger partial charge in [-0.3, -0.25) is 4.79 Å². The molecule has 4 aromatic rings. The smallest absolute Gasteiger partial charge is 0.251 e. The third-order valence-electron chi connectivity index (χ3n) is 5.04. The summed E-state index contributed by atoms with van der Waals surface area (Å²) in [6.07, 6.45) is 1.76. The Kier molecular flexibility index (Phi) is 7.41. The number of methoxy groups -OCH3 is 1. The lowest BCUT2D eigenvalue weighted by atomic mass is 10.1.